The number of hydrogen-bond donors (Lipinski definition) is 0. The smallest absolute Gasteiger partial charge is 0.127 e. The predicted molar refractivity (Wildman–Crippen MR) is 39.8 cm³/mol. The molecule has 0 bridgehead atoms. The summed E-state index contributed by atoms with van der Waals surface area (Å²) >= 11 is 0. The van der Waals surface area contributed by atoms with Crippen molar-refractivity contribution in [1.82, 2.24) is 0 Å². The van der Waals surface area contributed by atoms with Crippen molar-refractivity contribution in [2.24, 2.45) is 0 Å². The van der Waals surface area contributed by atoms with E-state index in [1.165, 1.54) is 0 Å². The molecule has 0 saturated heterocycles. The molecular weight excluding hydrogens is 124 g/mol. The lowest BCUT2D eigenvalue weighted by molar-refractivity contribution is 0.358. The summed E-state index contributed by atoms with van der Waals surface area (Å²) in [6.45, 7) is 0.685. The minimum absolute atomic E-state index is 0.685. The Hall–Kier alpha value is -1.24. The van der Waals surface area contributed by atoms with Crippen LogP contribution in [-0.4, -0.2) is 6.61 Å². The van der Waals surface area contributed by atoms with E-state index in [1.54, 1.807) is 0 Å². The number of hydrogen-bond acceptors (Lipinski definition) is 1. The van der Waals surface area contributed by atoms with E-state index in [0.29, 0.717) is 6.61 Å². The SMILES string of the molecule is [c]1cccc2c1C=CCO2. The van der Waals surface area contributed by atoms with Crippen LogP contribution in [0.15, 0.2) is 24.3 Å². The summed E-state index contributed by atoms with van der Waals surface area (Å²) in [5.74, 6) is 0.935. The first kappa shape index (κ1) is 5.54. The van der Waals surface area contributed by atoms with E-state index in [2.05, 4.69) is 6.07 Å². The molecule has 0 saturated carbocycles. The lowest BCUT2D eigenvalue weighted by atomic mass is 10.1. The first-order valence-corrected chi connectivity index (χ1v) is 3.27. The molecule has 1 heterocycles. The molecule has 0 unspecified atom stereocenters. The summed E-state index contributed by atoms with van der Waals surface area (Å²) in [6.07, 6.45) is 4.01. The first-order valence-electron chi connectivity index (χ1n) is 3.27. The van der Waals surface area contributed by atoms with Crippen molar-refractivity contribution >= 4 is 6.08 Å². The second-order valence-electron chi connectivity index (χ2n) is 2.16. The van der Waals surface area contributed by atoms with Gasteiger partial charge in [0.1, 0.15) is 12.4 Å². The van der Waals surface area contributed by atoms with Gasteiger partial charge in [-0.25, -0.2) is 0 Å². The maximum Gasteiger partial charge on any atom is 0.127 e. The molecule has 1 aliphatic heterocycles. The third kappa shape index (κ3) is 0.798. The number of rotatable bonds is 0. The minimum atomic E-state index is 0.685. The van der Waals surface area contributed by atoms with Crippen molar-refractivity contribution in [3.05, 3.63) is 35.9 Å². The third-order valence-corrected chi connectivity index (χ3v) is 1.47. The molecule has 0 atom stereocenters. The molecular formula is C9H7O. The van der Waals surface area contributed by atoms with Crippen molar-refractivity contribution in [2.75, 3.05) is 6.61 Å². The Morgan fingerprint density at radius 2 is 2.50 bits per heavy atom. The molecule has 0 N–H and O–H groups in total. The largest absolute Gasteiger partial charge is 0.489 e. The van der Waals surface area contributed by atoms with Crippen LogP contribution in [0.3, 0.4) is 0 Å². The van der Waals surface area contributed by atoms with Crippen molar-refractivity contribution in [1.29, 1.82) is 0 Å². The van der Waals surface area contributed by atoms with E-state index >= 15 is 0 Å². The molecule has 49 valence electrons. The van der Waals surface area contributed by atoms with Gasteiger partial charge >= 0.3 is 0 Å². The van der Waals surface area contributed by atoms with E-state index in [0.717, 1.165) is 11.3 Å². The van der Waals surface area contributed by atoms with Gasteiger partial charge in [-0.3, -0.25) is 0 Å². The second-order valence-corrected chi connectivity index (χ2v) is 2.16. The Morgan fingerprint density at radius 3 is 3.40 bits per heavy atom. The summed E-state index contributed by atoms with van der Waals surface area (Å²) in [5.41, 5.74) is 1.05. The molecule has 1 nitrogen and oxygen atoms in total. The standard InChI is InChI=1S/C9H7O/c1-2-6-9-8(4-1)5-3-7-10-9/h1-3,5-6H,7H2. The Balaban J connectivity index is 2.54. The van der Waals surface area contributed by atoms with Crippen LogP contribution in [0.4, 0.5) is 0 Å². The molecule has 0 aliphatic carbocycles. The van der Waals surface area contributed by atoms with Gasteiger partial charge in [-0.1, -0.05) is 18.2 Å². The first-order chi connectivity index (χ1) is 4.97. The van der Waals surface area contributed by atoms with Crippen LogP contribution in [0.1, 0.15) is 5.56 Å². The molecule has 2 rings (SSSR count). The minimum Gasteiger partial charge on any atom is -0.489 e. The maximum absolute atomic E-state index is 5.31. The average molecular weight is 131 g/mol. The molecule has 1 heteroatoms. The molecule has 1 radical (unpaired) electrons. The van der Waals surface area contributed by atoms with Gasteiger partial charge in [0.25, 0.3) is 0 Å². The topological polar surface area (TPSA) is 9.23 Å². The maximum atomic E-state index is 5.31. The number of fused-ring (bicyclic) bond motifs is 1. The molecule has 0 fully saturated rings. The van der Waals surface area contributed by atoms with Gasteiger partial charge in [-0.2, -0.15) is 0 Å². The zero-order valence-corrected chi connectivity index (χ0v) is 5.50. The zero-order chi connectivity index (χ0) is 6.81. The fourth-order valence-corrected chi connectivity index (χ4v) is 0.994. The third-order valence-electron chi connectivity index (χ3n) is 1.47. The van der Waals surface area contributed by atoms with Crippen LogP contribution in [0, 0.1) is 6.07 Å². The van der Waals surface area contributed by atoms with Gasteiger partial charge in [-0.05, 0) is 18.2 Å². The second kappa shape index (κ2) is 2.18. The van der Waals surface area contributed by atoms with Crippen LogP contribution in [0.5, 0.6) is 5.75 Å². The van der Waals surface area contributed by atoms with Crippen LogP contribution in [0.25, 0.3) is 6.08 Å². The highest BCUT2D eigenvalue weighted by Gasteiger charge is 2.01. The van der Waals surface area contributed by atoms with Crippen LogP contribution in [-0.2, 0) is 0 Å². The fourth-order valence-electron chi connectivity index (χ4n) is 0.994. The zero-order valence-electron chi connectivity index (χ0n) is 5.50. The van der Waals surface area contributed by atoms with Gasteiger partial charge in [0, 0.05) is 5.56 Å². The molecule has 0 amide bonds. The van der Waals surface area contributed by atoms with E-state index in [1.807, 2.05) is 30.4 Å². The summed E-state index contributed by atoms with van der Waals surface area (Å²) in [5, 5.41) is 0. The van der Waals surface area contributed by atoms with Gasteiger partial charge < -0.3 is 4.74 Å². The summed E-state index contributed by atoms with van der Waals surface area (Å²) < 4.78 is 5.31. The average Bonchev–Trinajstić information content (AvgIpc) is 2.05. The Labute approximate surface area is 59.9 Å². The van der Waals surface area contributed by atoms with Crippen molar-refractivity contribution in [2.45, 2.75) is 0 Å². The highest BCUT2D eigenvalue weighted by molar-refractivity contribution is 5.58. The quantitative estimate of drug-likeness (QED) is 0.522. The van der Waals surface area contributed by atoms with Gasteiger partial charge in [0.2, 0.25) is 0 Å². The van der Waals surface area contributed by atoms with Gasteiger partial charge in [0.05, 0.1) is 0 Å². The number of ether oxygens (including phenoxy) is 1. The highest BCUT2D eigenvalue weighted by atomic mass is 16.5. The lowest BCUT2D eigenvalue weighted by Crippen LogP contribution is -1.99. The molecule has 1 aromatic rings. The van der Waals surface area contributed by atoms with Crippen molar-refractivity contribution < 1.29 is 4.74 Å². The van der Waals surface area contributed by atoms with E-state index < -0.39 is 0 Å². The van der Waals surface area contributed by atoms with E-state index in [4.69, 9.17) is 4.74 Å². The van der Waals surface area contributed by atoms with Crippen LogP contribution >= 0.6 is 0 Å². The Kier molecular flexibility index (Phi) is 1.21. The normalized spacial score (nSPS) is 14.0. The van der Waals surface area contributed by atoms with E-state index in [9.17, 15) is 0 Å². The van der Waals surface area contributed by atoms with Gasteiger partial charge in [0.15, 0.2) is 0 Å². The van der Waals surface area contributed by atoms with Gasteiger partial charge in [-0.15, -0.1) is 0 Å². The summed E-state index contributed by atoms with van der Waals surface area (Å²) in [4.78, 5) is 0. The molecule has 0 aromatic heterocycles. The molecule has 10 heavy (non-hydrogen) atoms. The lowest BCUT2D eigenvalue weighted by Gasteiger charge is -2.10. The van der Waals surface area contributed by atoms with Crippen molar-refractivity contribution in [3.63, 3.8) is 0 Å². The molecule has 1 aromatic carbocycles. The van der Waals surface area contributed by atoms with Crippen LogP contribution < -0.4 is 4.74 Å². The summed E-state index contributed by atoms with van der Waals surface area (Å²) in [6, 6.07) is 8.85. The highest BCUT2D eigenvalue weighted by Crippen LogP contribution is 2.21. The monoisotopic (exact) mass is 131 g/mol. The number of benzene rings is 1. The molecule has 1 aliphatic rings. The van der Waals surface area contributed by atoms with E-state index in [-0.39, 0.29) is 0 Å². The Bertz CT molecular complexity index is 263. The van der Waals surface area contributed by atoms with Crippen molar-refractivity contribution in [3.8, 4) is 5.75 Å². The van der Waals surface area contributed by atoms with Crippen LogP contribution in [0.2, 0.25) is 0 Å². The summed E-state index contributed by atoms with van der Waals surface area (Å²) in [7, 11) is 0. The fraction of sp³-hybridized carbons (Fsp3) is 0.111. The Morgan fingerprint density at radius 1 is 1.50 bits per heavy atom. The molecule has 0 spiro atoms. The predicted octanol–water partition coefficient (Wildman–Crippen LogP) is 1.89.